The van der Waals surface area contributed by atoms with Gasteiger partial charge in [-0.3, -0.25) is 4.79 Å². The van der Waals surface area contributed by atoms with E-state index in [0.717, 1.165) is 12.1 Å². The maximum absolute atomic E-state index is 13.2. The summed E-state index contributed by atoms with van der Waals surface area (Å²) < 4.78 is 41.0. The highest BCUT2D eigenvalue weighted by Crippen LogP contribution is 2.34. The summed E-state index contributed by atoms with van der Waals surface area (Å²) in [5.74, 6) is 0.297. The van der Waals surface area contributed by atoms with Crippen LogP contribution in [0.1, 0.15) is 29.7 Å². The zero-order valence-corrected chi connectivity index (χ0v) is 17.8. The van der Waals surface area contributed by atoms with Crippen LogP contribution in [0.3, 0.4) is 0 Å². The molecule has 0 unspecified atom stereocenters. The van der Waals surface area contributed by atoms with Crippen LogP contribution in [0.25, 0.3) is 10.9 Å². The molecule has 1 saturated heterocycles. The number of alkyl halides is 3. The number of nitrogens with one attached hydrogen (secondary N) is 1. The van der Waals surface area contributed by atoms with Crippen molar-refractivity contribution in [1.82, 2.24) is 9.55 Å². The van der Waals surface area contributed by atoms with E-state index in [1.54, 1.807) is 17.9 Å². The number of aliphatic hydroxyl groups excluding tert-OH is 1. The van der Waals surface area contributed by atoms with Crippen molar-refractivity contribution in [2.45, 2.75) is 25.2 Å². The van der Waals surface area contributed by atoms with Crippen LogP contribution in [0.5, 0.6) is 0 Å². The summed E-state index contributed by atoms with van der Waals surface area (Å²) in [5, 5.41) is 22.7. The largest absolute Gasteiger partial charge is 0.416 e. The van der Waals surface area contributed by atoms with Crippen molar-refractivity contribution >= 4 is 28.1 Å². The molecule has 1 aliphatic heterocycles. The minimum atomic E-state index is -4.54. The van der Waals surface area contributed by atoms with Crippen molar-refractivity contribution in [3.63, 3.8) is 0 Å². The minimum Gasteiger partial charge on any atom is -0.399 e. The molecular weight excluding hydrogens is 437 g/mol. The van der Waals surface area contributed by atoms with Crippen LogP contribution in [0.4, 0.5) is 30.4 Å². The molecule has 1 aromatic carbocycles. The number of fused-ring (bicyclic) bond motifs is 1. The van der Waals surface area contributed by atoms with E-state index in [1.807, 2.05) is 6.07 Å². The van der Waals surface area contributed by atoms with Gasteiger partial charge < -0.3 is 25.6 Å². The molecule has 11 heteroatoms. The summed E-state index contributed by atoms with van der Waals surface area (Å²) in [6, 6.07) is 6.32. The molecule has 0 saturated carbocycles. The number of aryl methyl sites for hydroxylation is 1. The van der Waals surface area contributed by atoms with Gasteiger partial charge in [0.25, 0.3) is 5.56 Å². The molecule has 8 nitrogen and oxygen atoms in total. The van der Waals surface area contributed by atoms with Gasteiger partial charge in [0.2, 0.25) is 0 Å². The smallest absolute Gasteiger partial charge is 0.399 e. The highest BCUT2D eigenvalue weighted by Gasteiger charge is 2.32. The lowest BCUT2D eigenvalue weighted by Gasteiger charge is -2.37. The molecule has 1 atom stereocenters. The molecule has 1 fully saturated rings. The van der Waals surface area contributed by atoms with Gasteiger partial charge in [-0.1, -0.05) is 0 Å². The zero-order valence-electron chi connectivity index (χ0n) is 17.8. The Morgan fingerprint density at radius 3 is 2.61 bits per heavy atom. The van der Waals surface area contributed by atoms with Crippen molar-refractivity contribution in [3.05, 3.63) is 57.5 Å². The number of nitrogen functional groups attached to an aromatic ring is 1. The third kappa shape index (κ3) is 4.05. The number of aromatic nitrogens is 2. The third-order valence-corrected chi connectivity index (χ3v) is 5.71. The standard InChI is InChI=1S/C22H21F3N6O2/c1-11(12-3-14(22(23,24)25)5-15(27)4-12)29-20-17-6-18(31-9-16(32)10-31)21(33)30(2)19(17)13(7-26)8-28-20/h3-6,8,11,16,32H,9-10,27H2,1-2H3,(H,28,29)/t11-/m1/s1. The number of rotatable bonds is 4. The fourth-order valence-electron chi connectivity index (χ4n) is 3.94. The Hall–Kier alpha value is -3.78. The van der Waals surface area contributed by atoms with E-state index in [0.29, 0.717) is 41.1 Å². The van der Waals surface area contributed by atoms with Crippen LogP contribution in [0.2, 0.25) is 0 Å². The average Bonchev–Trinajstić information content (AvgIpc) is 2.73. The van der Waals surface area contributed by atoms with Gasteiger partial charge in [0.15, 0.2) is 0 Å². The fourth-order valence-corrected chi connectivity index (χ4v) is 3.94. The summed E-state index contributed by atoms with van der Waals surface area (Å²) in [7, 11) is 1.53. The van der Waals surface area contributed by atoms with Gasteiger partial charge in [-0.2, -0.15) is 18.4 Å². The zero-order chi connectivity index (χ0) is 24.1. The van der Waals surface area contributed by atoms with Crippen molar-refractivity contribution in [2.75, 3.05) is 29.0 Å². The summed E-state index contributed by atoms with van der Waals surface area (Å²) in [6.07, 6.45) is -3.76. The van der Waals surface area contributed by atoms with Gasteiger partial charge in [-0.25, -0.2) is 4.98 Å². The molecule has 2 aromatic heterocycles. The molecule has 0 spiro atoms. The summed E-state index contributed by atoms with van der Waals surface area (Å²) in [4.78, 5) is 18.9. The molecule has 3 heterocycles. The molecular formula is C22H21F3N6O2. The Labute approximate surface area is 186 Å². The quantitative estimate of drug-likeness (QED) is 0.514. The lowest BCUT2D eigenvalue weighted by atomic mass is 10.0. The van der Waals surface area contributed by atoms with E-state index in [9.17, 15) is 28.3 Å². The molecule has 4 N–H and O–H groups in total. The minimum absolute atomic E-state index is 0.0212. The van der Waals surface area contributed by atoms with Crippen LogP contribution in [0.15, 0.2) is 35.3 Å². The molecule has 4 rings (SSSR count). The van der Waals surface area contributed by atoms with E-state index < -0.39 is 23.9 Å². The van der Waals surface area contributed by atoms with E-state index in [-0.39, 0.29) is 16.8 Å². The number of benzene rings is 1. The number of hydrogen-bond donors (Lipinski definition) is 3. The SMILES string of the molecule is C[C@@H](Nc1ncc(C#N)c2c1cc(N1CC(O)C1)c(=O)n2C)c1cc(N)cc(C(F)(F)F)c1. The van der Waals surface area contributed by atoms with Gasteiger partial charge in [-0.05, 0) is 36.8 Å². The van der Waals surface area contributed by atoms with Crippen molar-refractivity contribution in [3.8, 4) is 6.07 Å². The van der Waals surface area contributed by atoms with Crippen LogP contribution in [-0.4, -0.2) is 33.9 Å². The lowest BCUT2D eigenvalue weighted by molar-refractivity contribution is -0.137. The monoisotopic (exact) mass is 458 g/mol. The van der Waals surface area contributed by atoms with Crippen molar-refractivity contribution in [2.24, 2.45) is 7.05 Å². The third-order valence-electron chi connectivity index (χ3n) is 5.71. The number of nitrogens with zero attached hydrogens (tertiary/aromatic N) is 4. The normalized spacial score (nSPS) is 15.2. The number of pyridine rings is 2. The predicted molar refractivity (Wildman–Crippen MR) is 118 cm³/mol. The number of nitrogens with two attached hydrogens (primary N) is 1. The molecule has 33 heavy (non-hydrogen) atoms. The molecule has 0 radical (unpaired) electrons. The Kier molecular flexibility index (Phi) is 5.41. The van der Waals surface area contributed by atoms with Crippen LogP contribution in [-0.2, 0) is 13.2 Å². The number of hydrogen-bond acceptors (Lipinski definition) is 7. The number of aliphatic hydroxyl groups is 1. The molecule has 1 aliphatic rings. The Morgan fingerprint density at radius 2 is 2.00 bits per heavy atom. The van der Waals surface area contributed by atoms with Crippen LogP contribution in [0, 0.1) is 11.3 Å². The van der Waals surface area contributed by atoms with Crippen LogP contribution < -0.4 is 21.5 Å². The van der Waals surface area contributed by atoms with Gasteiger partial charge in [-0.15, -0.1) is 0 Å². The average molecular weight is 458 g/mol. The maximum Gasteiger partial charge on any atom is 0.416 e. The topological polar surface area (TPSA) is 120 Å². The van der Waals surface area contributed by atoms with Gasteiger partial charge in [0, 0.05) is 37.4 Å². The highest BCUT2D eigenvalue weighted by atomic mass is 19.4. The second-order valence-electron chi connectivity index (χ2n) is 8.10. The van der Waals surface area contributed by atoms with Crippen LogP contribution >= 0.6 is 0 Å². The first-order valence-electron chi connectivity index (χ1n) is 10.1. The van der Waals surface area contributed by atoms with E-state index >= 15 is 0 Å². The van der Waals surface area contributed by atoms with Crippen molar-refractivity contribution in [1.29, 1.82) is 5.26 Å². The number of halogens is 3. The number of nitriles is 1. The Balaban J connectivity index is 1.81. The number of β-amino-alcohol motifs (C(OH)–C–C–N with tert-alkyl or cyclic N) is 1. The number of anilines is 3. The fraction of sp³-hybridized carbons (Fsp3) is 0.318. The maximum atomic E-state index is 13.2. The van der Waals surface area contributed by atoms with Gasteiger partial charge >= 0.3 is 6.18 Å². The molecule has 0 aliphatic carbocycles. The molecule has 3 aromatic rings. The Morgan fingerprint density at radius 1 is 1.30 bits per heavy atom. The molecule has 0 amide bonds. The lowest BCUT2D eigenvalue weighted by Crippen LogP contribution is -2.52. The second-order valence-corrected chi connectivity index (χ2v) is 8.10. The molecule has 0 bridgehead atoms. The van der Waals surface area contributed by atoms with Gasteiger partial charge in [0.05, 0.1) is 28.8 Å². The summed E-state index contributed by atoms with van der Waals surface area (Å²) >= 11 is 0. The Bertz CT molecular complexity index is 1340. The van der Waals surface area contributed by atoms with Crippen molar-refractivity contribution < 1.29 is 18.3 Å². The van der Waals surface area contributed by atoms with E-state index in [2.05, 4.69) is 10.3 Å². The first-order valence-corrected chi connectivity index (χ1v) is 10.1. The first-order chi connectivity index (χ1) is 15.5. The van der Waals surface area contributed by atoms with E-state index in [1.165, 1.54) is 23.9 Å². The van der Waals surface area contributed by atoms with Gasteiger partial charge in [0.1, 0.15) is 17.6 Å². The summed E-state index contributed by atoms with van der Waals surface area (Å²) in [5.41, 5.74) is 5.66. The van der Waals surface area contributed by atoms with E-state index in [4.69, 9.17) is 5.73 Å². The second kappa shape index (κ2) is 7.97. The first kappa shape index (κ1) is 22.4. The highest BCUT2D eigenvalue weighted by molar-refractivity contribution is 5.95. The molecule has 172 valence electrons. The predicted octanol–water partition coefficient (Wildman–Crippen LogP) is 2.76. The summed E-state index contributed by atoms with van der Waals surface area (Å²) in [6.45, 7) is 2.26.